The molecule has 3 rings (SSSR count). The highest BCUT2D eigenvalue weighted by Gasteiger charge is 2.14. The number of rotatable bonds is 8. The SMILES string of the molecule is c1coc(CCNC(=NCC2CCCO2)NCCc2cccs2)c1. The second-order valence-corrected chi connectivity index (χ2v) is 6.87. The van der Waals surface area contributed by atoms with Crippen LogP contribution >= 0.6 is 11.3 Å². The molecule has 1 fully saturated rings. The number of furan rings is 1. The molecule has 1 saturated heterocycles. The Bertz CT molecular complexity index is 548. The zero-order valence-corrected chi connectivity index (χ0v) is 14.7. The molecule has 0 saturated carbocycles. The van der Waals surface area contributed by atoms with Crippen LogP contribution in [-0.2, 0) is 17.6 Å². The topological polar surface area (TPSA) is 58.8 Å². The van der Waals surface area contributed by atoms with E-state index in [-0.39, 0.29) is 6.10 Å². The van der Waals surface area contributed by atoms with Crippen LogP contribution in [0.2, 0.25) is 0 Å². The highest BCUT2D eigenvalue weighted by atomic mass is 32.1. The number of guanidine groups is 1. The summed E-state index contributed by atoms with van der Waals surface area (Å²) in [6.07, 6.45) is 6.09. The molecule has 0 bridgehead atoms. The molecule has 2 N–H and O–H groups in total. The molecule has 1 aliphatic rings. The van der Waals surface area contributed by atoms with E-state index < -0.39 is 0 Å². The Kier molecular flexibility index (Phi) is 6.74. The molecular formula is C18H25N3O2S. The first-order valence-electron chi connectivity index (χ1n) is 8.59. The molecule has 1 unspecified atom stereocenters. The van der Waals surface area contributed by atoms with Gasteiger partial charge in [0.05, 0.1) is 18.9 Å². The quantitative estimate of drug-likeness (QED) is 0.569. The van der Waals surface area contributed by atoms with Crippen LogP contribution in [0.15, 0.2) is 45.3 Å². The van der Waals surface area contributed by atoms with E-state index in [1.165, 1.54) is 4.88 Å². The number of nitrogens with one attached hydrogen (secondary N) is 2. The maximum Gasteiger partial charge on any atom is 0.191 e. The predicted octanol–water partition coefficient (Wildman–Crippen LogP) is 2.84. The van der Waals surface area contributed by atoms with Gasteiger partial charge >= 0.3 is 0 Å². The number of ether oxygens (including phenoxy) is 1. The minimum Gasteiger partial charge on any atom is -0.469 e. The van der Waals surface area contributed by atoms with Gasteiger partial charge in [0.2, 0.25) is 0 Å². The molecule has 1 aliphatic heterocycles. The fourth-order valence-corrected chi connectivity index (χ4v) is 3.38. The van der Waals surface area contributed by atoms with E-state index in [1.807, 2.05) is 12.1 Å². The van der Waals surface area contributed by atoms with Crippen LogP contribution in [-0.4, -0.2) is 38.3 Å². The maximum absolute atomic E-state index is 5.65. The molecule has 2 aromatic heterocycles. The maximum atomic E-state index is 5.65. The summed E-state index contributed by atoms with van der Waals surface area (Å²) < 4.78 is 11.0. The summed E-state index contributed by atoms with van der Waals surface area (Å²) in [6, 6.07) is 8.17. The number of aliphatic imine (C=N–C) groups is 1. The van der Waals surface area contributed by atoms with Gasteiger partial charge in [0.25, 0.3) is 0 Å². The molecule has 3 heterocycles. The highest BCUT2D eigenvalue weighted by molar-refractivity contribution is 7.09. The van der Waals surface area contributed by atoms with Gasteiger partial charge in [0.15, 0.2) is 5.96 Å². The summed E-state index contributed by atoms with van der Waals surface area (Å²) in [6.45, 7) is 3.25. The van der Waals surface area contributed by atoms with E-state index in [4.69, 9.17) is 9.15 Å². The Morgan fingerprint density at radius 1 is 1.21 bits per heavy atom. The van der Waals surface area contributed by atoms with E-state index in [9.17, 15) is 0 Å². The molecule has 24 heavy (non-hydrogen) atoms. The summed E-state index contributed by atoms with van der Waals surface area (Å²) in [7, 11) is 0. The monoisotopic (exact) mass is 347 g/mol. The molecule has 6 heteroatoms. The van der Waals surface area contributed by atoms with Gasteiger partial charge in [-0.2, -0.15) is 0 Å². The average Bonchev–Trinajstić information content (AvgIpc) is 3.34. The molecule has 0 amide bonds. The lowest BCUT2D eigenvalue weighted by Gasteiger charge is -2.13. The molecule has 0 radical (unpaired) electrons. The first-order valence-corrected chi connectivity index (χ1v) is 9.46. The molecule has 0 aliphatic carbocycles. The third-order valence-corrected chi connectivity index (χ3v) is 4.90. The third kappa shape index (κ3) is 5.69. The Labute approximate surface area is 147 Å². The van der Waals surface area contributed by atoms with E-state index in [0.29, 0.717) is 0 Å². The van der Waals surface area contributed by atoms with Gasteiger partial charge in [-0.05, 0) is 42.8 Å². The molecule has 5 nitrogen and oxygen atoms in total. The lowest BCUT2D eigenvalue weighted by Crippen LogP contribution is -2.40. The van der Waals surface area contributed by atoms with Gasteiger partial charge in [0, 0.05) is 31.0 Å². The van der Waals surface area contributed by atoms with Crippen molar-refractivity contribution in [3.05, 3.63) is 46.5 Å². The molecule has 0 spiro atoms. The Hall–Kier alpha value is -1.79. The number of hydrogen-bond donors (Lipinski definition) is 2. The number of hydrogen-bond acceptors (Lipinski definition) is 4. The summed E-state index contributed by atoms with van der Waals surface area (Å²) >= 11 is 1.79. The molecular weight excluding hydrogens is 322 g/mol. The first kappa shape index (κ1) is 17.0. The lowest BCUT2D eigenvalue weighted by molar-refractivity contribution is 0.117. The Morgan fingerprint density at radius 2 is 2.12 bits per heavy atom. The fraction of sp³-hybridized carbons (Fsp3) is 0.500. The highest BCUT2D eigenvalue weighted by Crippen LogP contribution is 2.12. The molecule has 0 aromatic carbocycles. The molecule has 2 aromatic rings. The van der Waals surface area contributed by atoms with Gasteiger partial charge in [-0.25, -0.2) is 0 Å². The van der Waals surface area contributed by atoms with Crippen molar-refractivity contribution in [3.8, 4) is 0 Å². The van der Waals surface area contributed by atoms with Crippen molar-refractivity contribution in [2.45, 2.75) is 31.8 Å². The normalized spacial score (nSPS) is 18.0. The second kappa shape index (κ2) is 9.49. The van der Waals surface area contributed by atoms with E-state index in [0.717, 1.165) is 63.6 Å². The first-order chi connectivity index (χ1) is 11.9. The van der Waals surface area contributed by atoms with Gasteiger partial charge in [-0.1, -0.05) is 6.07 Å². The van der Waals surface area contributed by atoms with Crippen molar-refractivity contribution in [3.63, 3.8) is 0 Å². The van der Waals surface area contributed by atoms with Crippen LogP contribution in [0.3, 0.4) is 0 Å². The summed E-state index contributed by atoms with van der Waals surface area (Å²) in [5.74, 6) is 1.84. The number of nitrogens with zero attached hydrogens (tertiary/aromatic N) is 1. The number of thiophene rings is 1. The van der Waals surface area contributed by atoms with Crippen molar-refractivity contribution in [2.24, 2.45) is 4.99 Å². The van der Waals surface area contributed by atoms with Crippen LogP contribution in [0.25, 0.3) is 0 Å². The summed E-state index contributed by atoms with van der Waals surface area (Å²) in [5.41, 5.74) is 0. The van der Waals surface area contributed by atoms with E-state index in [1.54, 1.807) is 17.6 Å². The van der Waals surface area contributed by atoms with Crippen molar-refractivity contribution >= 4 is 17.3 Å². The molecule has 130 valence electrons. The Morgan fingerprint density at radius 3 is 2.83 bits per heavy atom. The Balaban J connectivity index is 1.45. The summed E-state index contributed by atoms with van der Waals surface area (Å²) in [4.78, 5) is 6.07. The minimum atomic E-state index is 0.269. The zero-order valence-electron chi connectivity index (χ0n) is 13.9. The van der Waals surface area contributed by atoms with E-state index in [2.05, 4.69) is 33.1 Å². The van der Waals surface area contributed by atoms with Gasteiger partial charge < -0.3 is 19.8 Å². The van der Waals surface area contributed by atoms with E-state index >= 15 is 0 Å². The summed E-state index contributed by atoms with van der Waals surface area (Å²) in [5, 5.41) is 8.92. The average molecular weight is 347 g/mol. The van der Waals surface area contributed by atoms with Crippen LogP contribution in [0.4, 0.5) is 0 Å². The third-order valence-electron chi connectivity index (χ3n) is 3.96. The van der Waals surface area contributed by atoms with Crippen molar-refractivity contribution in [2.75, 3.05) is 26.2 Å². The van der Waals surface area contributed by atoms with Crippen molar-refractivity contribution < 1.29 is 9.15 Å². The zero-order chi connectivity index (χ0) is 16.5. The van der Waals surface area contributed by atoms with Gasteiger partial charge in [-0.3, -0.25) is 4.99 Å². The second-order valence-electron chi connectivity index (χ2n) is 5.84. The van der Waals surface area contributed by atoms with Gasteiger partial charge in [-0.15, -0.1) is 11.3 Å². The van der Waals surface area contributed by atoms with Crippen molar-refractivity contribution in [1.29, 1.82) is 0 Å². The van der Waals surface area contributed by atoms with Crippen LogP contribution in [0.1, 0.15) is 23.5 Å². The van der Waals surface area contributed by atoms with Gasteiger partial charge in [0.1, 0.15) is 5.76 Å². The van der Waals surface area contributed by atoms with Crippen LogP contribution in [0.5, 0.6) is 0 Å². The fourth-order valence-electron chi connectivity index (χ4n) is 2.67. The smallest absolute Gasteiger partial charge is 0.191 e. The molecule has 1 atom stereocenters. The van der Waals surface area contributed by atoms with Crippen LogP contribution in [0, 0.1) is 0 Å². The predicted molar refractivity (Wildman–Crippen MR) is 97.7 cm³/mol. The van der Waals surface area contributed by atoms with Crippen molar-refractivity contribution in [1.82, 2.24) is 10.6 Å². The lowest BCUT2D eigenvalue weighted by atomic mass is 10.2. The largest absolute Gasteiger partial charge is 0.469 e. The minimum absolute atomic E-state index is 0.269. The van der Waals surface area contributed by atoms with Crippen LogP contribution < -0.4 is 10.6 Å². The standard InChI is InChI=1S/C18H25N3O2S/c1-4-15(22-11-1)7-9-19-18(21-14-16-5-2-12-23-16)20-10-8-17-6-3-13-24-17/h1,3-4,6,11,13,16H,2,5,7-10,12,14H2,(H2,19,20,21).